The first-order valence-corrected chi connectivity index (χ1v) is 8.25. The molecule has 104 valence electrons. The third-order valence-corrected chi connectivity index (χ3v) is 6.31. The first-order valence-electron chi connectivity index (χ1n) is 6.81. The highest BCUT2D eigenvalue weighted by atomic mass is 32.2. The molecule has 1 aromatic rings. The lowest BCUT2D eigenvalue weighted by Crippen LogP contribution is -2.42. The average molecular weight is 280 g/mol. The lowest BCUT2D eigenvalue weighted by atomic mass is 10.0. The fourth-order valence-electron chi connectivity index (χ4n) is 3.44. The highest BCUT2D eigenvalue weighted by molar-refractivity contribution is 7.89. The van der Waals surface area contributed by atoms with Crippen molar-refractivity contribution in [1.82, 2.24) is 9.62 Å². The van der Waals surface area contributed by atoms with E-state index in [1.165, 1.54) is 0 Å². The van der Waals surface area contributed by atoms with Crippen molar-refractivity contribution in [2.45, 2.75) is 37.2 Å². The molecule has 3 unspecified atom stereocenters. The van der Waals surface area contributed by atoms with Gasteiger partial charge in [0.15, 0.2) is 0 Å². The Bertz CT molecular complexity index is 585. The molecule has 2 saturated heterocycles. The van der Waals surface area contributed by atoms with Crippen molar-refractivity contribution in [1.29, 1.82) is 0 Å². The molecule has 19 heavy (non-hydrogen) atoms. The SMILES string of the molecule is Cc1cccc(S(=O)(=O)N2C(C)CC3CNCC32)c1. The van der Waals surface area contributed by atoms with E-state index in [0.29, 0.717) is 10.8 Å². The molecule has 0 amide bonds. The van der Waals surface area contributed by atoms with Crippen LogP contribution in [0.4, 0.5) is 0 Å². The van der Waals surface area contributed by atoms with Crippen LogP contribution < -0.4 is 5.32 Å². The first kappa shape index (κ1) is 13.1. The van der Waals surface area contributed by atoms with Crippen LogP contribution in [0, 0.1) is 12.8 Å². The van der Waals surface area contributed by atoms with Gasteiger partial charge >= 0.3 is 0 Å². The van der Waals surface area contributed by atoms with E-state index in [4.69, 9.17) is 0 Å². The Balaban J connectivity index is 2.00. The van der Waals surface area contributed by atoms with Gasteiger partial charge in [-0.15, -0.1) is 0 Å². The second kappa shape index (κ2) is 4.58. The van der Waals surface area contributed by atoms with Crippen LogP contribution in [-0.2, 0) is 10.0 Å². The van der Waals surface area contributed by atoms with Gasteiger partial charge in [-0.25, -0.2) is 8.42 Å². The molecule has 1 aromatic carbocycles. The second-order valence-corrected chi connectivity index (χ2v) is 7.57. The third kappa shape index (κ3) is 2.10. The highest BCUT2D eigenvalue weighted by Crippen LogP contribution is 2.36. The van der Waals surface area contributed by atoms with E-state index in [9.17, 15) is 8.42 Å². The zero-order valence-electron chi connectivity index (χ0n) is 11.3. The summed E-state index contributed by atoms with van der Waals surface area (Å²) < 4.78 is 27.4. The predicted molar refractivity (Wildman–Crippen MR) is 74.4 cm³/mol. The number of hydrogen-bond donors (Lipinski definition) is 1. The summed E-state index contributed by atoms with van der Waals surface area (Å²) in [6, 6.07) is 7.42. The molecule has 0 radical (unpaired) electrons. The highest BCUT2D eigenvalue weighted by Gasteiger charge is 2.47. The molecule has 3 atom stereocenters. The van der Waals surface area contributed by atoms with Crippen molar-refractivity contribution in [3.63, 3.8) is 0 Å². The van der Waals surface area contributed by atoms with Crippen molar-refractivity contribution in [3.8, 4) is 0 Å². The Morgan fingerprint density at radius 3 is 2.84 bits per heavy atom. The summed E-state index contributed by atoms with van der Waals surface area (Å²) in [7, 11) is -3.37. The molecule has 4 nitrogen and oxygen atoms in total. The first-order chi connectivity index (χ1) is 9.00. The van der Waals surface area contributed by atoms with Crippen LogP contribution in [0.25, 0.3) is 0 Å². The van der Waals surface area contributed by atoms with Gasteiger partial charge in [0.05, 0.1) is 4.90 Å². The molecule has 2 aliphatic rings. The fourth-order valence-corrected chi connectivity index (χ4v) is 5.43. The topological polar surface area (TPSA) is 49.4 Å². The number of sulfonamides is 1. The third-order valence-electron chi connectivity index (χ3n) is 4.27. The summed E-state index contributed by atoms with van der Waals surface area (Å²) in [5.41, 5.74) is 0.981. The van der Waals surface area contributed by atoms with Gasteiger partial charge in [-0.3, -0.25) is 0 Å². The van der Waals surface area contributed by atoms with Crippen molar-refractivity contribution in [2.24, 2.45) is 5.92 Å². The van der Waals surface area contributed by atoms with Crippen molar-refractivity contribution in [2.75, 3.05) is 13.1 Å². The van der Waals surface area contributed by atoms with Crippen LogP contribution in [0.2, 0.25) is 0 Å². The number of nitrogens with zero attached hydrogens (tertiary/aromatic N) is 1. The molecule has 0 aromatic heterocycles. The number of aryl methyl sites for hydroxylation is 1. The maximum Gasteiger partial charge on any atom is 0.243 e. The number of fused-ring (bicyclic) bond motifs is 1. The lowest BCUT2D eigenvalue weighted by molar-refractivity contribution is 0.335. The van der Waals surface area contributed by atoms with Crippen LogP contribution >= 0.6 is 0 Å². The van der Waals surface area contributed by atoms with E-state index >= 15 is 0 Å². The van der Waals surface area contributed by atoms with E-state index in [1.54, 1.807) is 16.4 Å². The van der Waals surface area contributed by atoms with Gasteiger partial charge in [0, 0.05) is 18.6 Å². The minimum absolute atomic E-state index is 0.0996. The van der Waals surface area contributed by atoms with Crippen LogP contribution in [0.1, 0.15) is 18.9 Å². The minimum atomic E-state index is -3.37. The maximum atomic E-state index is 12.8. The molecule has 5 heteroatoms. The van der Waals surface area contributed by atoms with Crippen LogP contribution in [0.15, 0.2) is 29.2 Å². The van der Waals surface area contributed by atoms with Crippen LogP contribution in [0.5, 0.6) is 0 Å². The number of hydrogen-bond acceptors (Lipinski definition) is 3. The lowest BCUT2D eigenvalue weighted by Gasteiger charge is -2.26. The predicted octanol–water partition coefficient (Wildman–Crippen LogP) is 1.37. The Morgan fingerprint density at radius 1 is 1.32 bits per heavy atom. The summed E-state index contributed by atoms with van der Waals surface area (Å²) in [4.78, 5) is 0.423. The zero-order valence-corrected chi connectivity index (χ0v) is 12.2. The molecule has 0 spiro atoms. The minimum Gasteiger partial charge on any atom is -0.315 e. The molecule has 1 N–H and O–H groups in total. The van der Waals surface area contributed by atoms with E-state index in [2.05, 4.69) is 5.32 Å². The summed E-state index contributed by atoms with van der Waals surface area (Å²) in [5, 5.41) is 3.30. The molecular weight excluding hydrogens is 260 g/mol. The van der Waals surface area contributed by atoms with Gasteiger partial charge in [-0.05, 0) is 50.4 Å². The van der Waals surface area contributed by atoms with Gasteiger partial charge < -0.3 is 5.32 Å². The molecule has 2 aliphatic heterocycles. The van der Waals surface area contributed by atoms with Gasteiger partial charge in [-0.2, -0.15) is 4.31 Å². The number of nitrogens with one attached hydrogen (secondary N) is 1. The van der Waals surface area contributed by atoms with E-state index in [1.807, 2.05) is 26.0 Å². The smallest absolute Gasteiger partial charge is 0.243 e. The largest absolute Gasteiger partial charge is 0.315 e. The normalized spacial score (nSPS) is 31.6. The zero-order chi connectivity index (χ0) is 13.6. The van der Waals surface area contributed by atoms with Gasteiger partial charge in [-0.1, -0.05) is 12.1 Å². The van der Waals surface area contributed by atoms with Gasteiger partial charge in [0.2, 0.25) is 10.0 Å². The van der Waals surface area contributed by atoms with Crippen molar-refractivity contribution < 1.29 is 8.42 Å². The average Bonchev–Trinajstić information content (AvgIpc) is 2.88. The fraction of sp³-hybridized carbons (Fsp3) is 0.571. The van der Waals surface area contributed by atoms with E-state index in [0.717, 1.165) is 25.1 Å². The second-order valence-electron chi connectivity index (χ2n) is 5.72. The molecule has 3 rings (SSSR count). The Kier molecular flexibility index (Phi) is 3.15. The Hall–Kier alpha value is -0.910. The van der Waals surface area contributed by atoms with E-state index < -0.39 is 10.0 Å². The maximum absolute atomic E-state index is 12.8. The Morgan fingerprint density at radius 2 is 2.11 bits per heavy atom. The summed E-state index contributed by atoms with van der Waals surface area (Å²) in [6.07, 6.45) is 0.961. The Labute approximate surface area is 114 Å². The molecule has 2 fully saturated rings. The molecule has 0 bridgehead atoms. The summed E-state index contributed by atoms with van der Waals surface area (Å²) in [5.74, 6) is 0.467. The molecule has 2 heterocycles. The molecular formula is C14H20N2O2S. The quantitative estimate of drug-likeness (QED) is 0.890. The van der Waals surface area contributed by atoms with Crippen molar-refractivity contribution in [3.05, 3.63) is 29.8 Å². The number of benzene rings is 1. The van der Waals surface area contributed by atoms with Crippen molar-refractivity contribution >= 4 is 10.0 Å². The van der Waals surface area contributed by atoms with Crippen LogP contribution in [-0.4, -0.2) is 37.9 Å². The monoisotopic (exact) mass is 280 g/mol. The van der Waals surface area contributed by atoms with Gasteiger partial charge in [0.1, 0.15) is 0 Å². The summed E-state index contributed by atoms with van der Waals surface area (Å²) in [6.45, 7) is 5.66. The van der Waals surface area contributed by atoms with Gasteiger partial charge in [0.25, 0.3) is 0 Å². The molecule has 0 saturated carbocycles. The van der Waals surface area contributed by atoms with Crippen LogP contribution in [0.3, 0.4) is 0 Å². The summed E-state index contributed by atoms with van der Waals surface area (Å²) >= 11 is 0. The van der Waals surface area contributed by atoms with E-state index in [-0.39, 0.29) is 12.1 Å². The standard InChI is InChI=1S/C14H20N2O2S/c1-10-4-3-5-13(6-10)19(17,18)16-11(2)7-12-8-15-9-14(12)16/h3-6,11-12,14-15H,7-9H2,1-2H3. The number of rotatable bonds is 2. The molecule has 0 aliphatic carbocycles.